The number of hydrogen-bond donors (Lipinski definition) is 0. The summed E-state index contributed by atoms with van der Waals surface area (Å²) in [4.78, 5) is 10.3. The second kappa shape index (κ2) is 7.48. The summed E-state index contributed by atoms with van der Waals surface area (Å²) < 4.78 is 4.84. The summed E-state index contributed by atoms with van der Waals surface area (Å²) in [5.41, 5.74) is 5.22. The lowest BCUT2D eigenvalue weighted by atomic mass is 10.1. The normalized spacial score (nSPS) is 11.9. The van der Waals surface area contributed by atoms with Crippen LogP contribution in [0.25, 0.3) is 70.1 Å². The molecule has 5 aromatic carbocycles. The standard InChI is InChI=1S/C32H19N3S/c1-2-10-20(11-3-1)31-21-12-4-7-15-24(21)33-32(34-31)35-25-16-8-5-13-22(25)29-26(35)18-19-28-30(29)23-14-6-9-17-27(23)36-28/h1-19H. The van der Waals surface area contributed by atoms with E-state index in [1.807, 2.05) is 23.5 Å². The molecule has 0 aliphatic heterocycles. The Kier molecular flexibility index (Phi) is 4.10. The molecule has 0 aliphatic carbocycles. The van der Waals surface area contributed by atoms with Crippen LogP contribution < -0.4 is 0 Å². The van der Waals surface area contributed by atoms with Crippen LogP contribution in [0.3, 0.4) is 0 Å². The molecule has 0 spiro atoms. The number of benzene rings is 5. The van der Waals surface area contributed by atoms with Crippen LogP contribution in [0.1, 0.15) is 0 Å². The van der Waals surface area contributed by atoms with E-state index < -0.39 is 0 Å². The van der Waals surface area contributed by atoms with Crippen LogP contribution in [0.15, 0.2) is 115 Å². The van der Waals surface area contributed by atoms with Gasteiger partial charge in [-0.2, -0.15) is 0 Å². The van der Waals surface area contributed by atoms with Crippen LogP contribution in [0, 0.1) is 0 Å². The van der Waals surface area contributed by atoms with E-state index in [9.17, 15) is 0 Å². The van der Waals surface area contributed by atoms with Gasteiger partial charge in [-0.05, 0) is 30.3 Å². The molecule has 3 aromatic heterocycles. The van der Waals surface area contributed by atoms with Crippen LogP contribution in [-0.2, 0) is 0 Å². The Morgan fingerprint density at radius 2 is 1.22 bits per heavy atom. The minimum atomic E-state index is 0.692. The Morgan fingerprint density at radius 1 is 0.500 bits per heavy atom. The predicted octanol–water partition coefficient (Wildman–Crippen LogP) is 8.76. The summed E-state index contributed by atoms with van der Waals surface area (Å²) in [5, 5.41) is 6.15. The largest absolute Gasteiger partial charge is 0.278 e. The van der Waals surface area contributed by atoms with E-state index in [2.05, 4.69) is 108 Å². The van der Waals surface area contributed by atoms with Gasteiger partial charge in [0.2, 0.25) is 5.95 Å². The van der Waals surface area contributed by atoms with Crippen molar-refractivity contribution >= 4 is 64.2 Å². The van der Waals surface area contributed by atoms with Gasteiger partial charge in [0.05, 0.1) is 22.2 Å². The first-order valence-corrected chi connectivity index (χ1v) is 12.8. The third kappa shape index (κ3) is 2.73. The number of thiophene rings is 1. The number of nitrogens with zero attached hydrogens (tertiary/aromatic N) is 3. The Morgan fingerprint density at radius 3 is 2.11 bits per heavy atom. The first kappa shape index (κ1) is 19.7. The number of aromatic nitrogens is 3. The van der Waals surface area contributed by atoms with Gasteiger partial charge in [-0.15, -0.1) is 11.3 Å². The van der Waals surface area contributed by atoms with Crippen LogP contribution in [0.4, 0.5) is 0 Å². The first-order valence-electron chi connectivity index (χ1n) is 12.0. The SMILES string of the molecule is c1ccc(-c2nc(-n3c4ccccc4c4c5c(ccc43)sc3ccccc35)nc3ccccc23)cc1. The average Bonchev–Trinajstić information content (AvgIpc) is 3.48. The third-order valence-corrected chi connectivity index (χ3v) is 8.15. The molecule has 0 saturated heterocycles. The van der Waals surface area contributed by atoms with Gasteiger partial charge in [-0.25, -0.2) is 9.97 Å². The van der Waals surface area contributed by atoms with Crippen molar-refractivity contribution in [3.05, 3.63) is 115 Å². The molecule has 36 heavy (non-hydrogen) atoms. The summed E-state index contributed by atoms with van der Waals surface area (Å²) in [5.74, 6) is 0.692. The molecule has 3 heterocycles. The highest BCUT2D eigenvalue weighted by atomic mass is 32.1. The molecule has 0 aliphatic rings. The quantitative estimate of drug-likeness (QED) is 0.249. The summed E-state index contributed by atoms with van der Waals surface area (Å²) in [6.07, 6.45) is 0. The van der Waals surface area contributed by atoms with Crippen molar-refractivity contribution in [3.8, 4) is 17.2 Å². The lowest BCUT2D eigenvalue weighted by Crippen LogP contribution is -2.03. The van der Waals surface area contributed by atoms with E-state index in [1.54, 1.807) is 0 Å². The van der Waals surface area contributed by atoms with Crippen LogP contribution in [0.2, 0.25) is 0 Å². The molecule has 0 bridgehead atoms. The molecule has 0 fully saturated rings. The van der Waals surface area contributed by atoms with Crippen molar-refractivity contribution in [2.75, 3.05) is 0 Å². The van der Waals surface area contributed by atoms with Crippen LogP contribution >= 0.6 is 11.3 Å². The molecule has 0 N–H and O–H groups in total. The van der Waals surface area contributed by atoms with E-state index in [0.29, 0.717) is 5.95 Å². The van der Waals surface area contributed by atoms with Gasteiger partial charge < -0.3 is 0 Å². The topological polar surface area (TPSA) is 30.7 Å². The molecular weight excluding hydrogens is 458 g/mol. The van der Waals surface area contributed by atoms with Crippen molar-refractivity contribution in [2.45, 2.75) is 0 Å². The monoisotopic (exact) mass is 477 g/mol. The van der Waals surface area contributed by atoms with Gasteiger partial charge >= 0.3 is 0 Å². The number of para-hydroxylation sites is 2. The third-order valence-electron chi connectivity index (χ3n) is 7.02. The summed E-state index contributed by atoms with van der Waals surface area (Å²) >= 11 is 1.85. The molecule has 0 amide bonds. The maximum Gasteiger partial charge on any atom is 0.235 e. The Labute approximate surface area is 210 Å². The molecule has 168 valence electrons. The second-order valence-corrected chi connectivity index (χ2v) is 10.1. The maximum absolute atomic E-state index is 5.20. The van der Waals surface area contributed by atoms with E-state index in [1.165, 1.54) is 30.9 Å². The fraction of sp³-hybridized carbons (Fsp3) is 0. The van der Waals surface area contributed by atoms with Crippen molar-refractivity contribution in [1.82, 2.24) is 14.5 Å². The van der Waals surface area contributed by atoms with E-state index in [4.69, 9.17) is 9.97 Å². The van der Waals surface area contributed by atoms with E-state index in [-0.39, 0.29) is 0 Å². The van der Waals surface area contributed by atoms with E-state index in [0.717, 1.165) is 33.2 Å². The van der Waals surface area contributed by atoms with Gasteiger partial charge in [0, 0.05) is 41.9 Å². The zero-order valence-corrected chi connectivity index (χ0v) is 20.0. The lowest BCUT2D eigenvalue weighted by molar-refractivity contribution is 1.01. The van der Waals surface area contributed by atoms with Gasteiger partial charge in [-0.3, -0.25) is 4.57 Å². The highest BCUT2D eigenvalue weighted by Crippen LogP contribution is 2.43. The predicted molar refractivity (Wildman–Crippen MR) is 152 cm³/mol. The fourth-order valence-corrected chi connectivity index (χ4v) is 6.58. The molecule has 0 atom stereocenters. The van der Waals surface area contributed by atoms with Gasteiger partial charge in [0.1, 0.15) is 0 Å². The summed E-state index contributed by atoms with van der Waals surface area (Å²) in [6, 6.07) is 40.5. The molecule has 4 heteroatoms. The number of hydrogen-bond acceptors (Lipinski definition) is 3. The fourth-order valence-electron chi connectivity index (χ4n) is 5.47. The van der Waals surface area contributed by atoms with Gasteiger partial charge in [-0.1, -0.05) is 84.9 Å². The lowest BCUT2D eigenvalue weighted by Gasteiger charge is -2.11. The first-order chi connectivity index (χ1) is 17.9. The molecule has 0 radical (unpaired) electrons. The Bertz CT molecular complexity index is 2100. The van der Waals surface area contributed by atoms with Crippen molar-refractivity contribution < 1.29 is 0 Å². The molecule has 0 unspecified atom stereocenters. The van der Waals surface area contributed by atoms with Gasteiger partial charge in [0.15, 0.2) is 0 Å². The number of fused-ring (bicyclic) bond motifs is 8. The van der Waals surface area contributed by atoms with E-state index >= 15 is 0 Å². The Balaban J connectivity index is 1.55. The van der Waals surface area contributed by atoms with Crippen molar-refractivity contribution in [2.24, 2.45) is 0 Å². The summed E-state index contributed by atoms with van der Waals surface area (Å²) in [7, 11) is 0. The smallest absolute Gasteiger partial charge is 0.235 e. The van der Waals surface area contributed by atoms with Crippen LogP contribution in [-0.4, -0.2) is 14.5 Å². The summed E-state index contributed by atoms with van der Waals surface area (Å²) in [6.45, 7) is 0. The highest BCUT2D eigenvalue weighted by Gasteiger charge is 2.20. The highest BCUT2D eigenvalue weighted by molar-refractivity contribution is 7.26. The minimum absolute atomic E-state index is 0.692. The maximum atomic E-state index is 5.20. The molecule has 0 saturated carbocycles. The minimum Gasteiger partial charge on any atom is -0.278 e. The zero-order valence-electron chi connectivity index (χ0n) is 19.2. The Hall–Kier alpha value is -4.54. The van der Waals surface area contributed by atoms with Crippen LogP contribution in [0.5, 0.6) is 0 Å². The molecule has 3 nitrogen and oxygen atoms in total. The van der Waals surface area contributed by atoms with Crippen molar-refractivity contribution in [1.29, 1.82) is 0 Å². The molecular formula is C32H19N3S. The van der Waals surface area contributed by atoms with Gasteiger partial charge in [0.25, 0.3) is 0 Å². The second-order valence-electron chi connectivity index (χ2n) is 9.04. The zero-order chi connectivity index (χ0) is 23.6. The molecule has 8 aromatic rings. The molecule has 8 rings (SSSR count). The van der Waals surface area contributed by atoms with Crippen molar-refractivity contribution in [3.63, 3.8) is 0 Å². The number of rotatable bonds is 2. The average molecular weight is 478 g/mol.